The Balaban J connectivity index is 1.62. The smallest absolute Gasteiger partial charge is 0.223 e. The van der Waals surface area contributed by atoms with Crippen molar-refractivity contribution in [1.82, 2.24) is 9.62 Å². The molecule has 8 heteroatoms. The number of hydrogen-bond acceptors (Lipinski definition) is 4. The predicted molar refractivity (Wildman–Crippen MR) is 137 cm³/mol. The summed E-state index contributed by atoms with van der Waals surface area (Å²) in [5, 5.41) is 3.59. The third-order valence-corrected chi connectivity index (χ3v) is 8.78. The number of aryl methyl sites for hydroxylation is 1. The van der Waals surface area contributed by atoms with Crippen LogP contribution in [-0.2, 0) is 20.6 Å². The first-order chi connectivity index (χ1) is 16.0. The molecule has 6 nitrogen and oxygen atoms in total. The van der Waals surface area contributed by atoms with Crippen molar-refractivity contribution in [2.24, 2.45) is 5.92 Å². The summed E-state index contributed by atoms with van der Waals surface area (Å²) in [7, 11) is -1.82. The lowest BCUT2D eigenvalue weighted by Gasteiger charge is -2.31. The number of carbonyl (C=O) groups is 1. The van der Waals surface area contributed by atoms with Gasteiger partial charge in [0.05, 0.1) is 18.9 Å². The summed E-state index contributed by atoms with van der Waals surface area (Å²) in [6, 6.07) is 11.0. The number of sulfonamides is 1. The van der Waals surface area contributed by atoms with Crippen LogP contribution in [-0.4, -0.2) is 38.8 Å². The number of nitrogens with zero attached hydrogens (tertiary/aromatic N) is 1. The molecule has 34 heavy (non-hydrogen) atoms. The van der Waals surface area contributed by atoms with E-state index in [9.17, 15) is 13.2 Å². The number of hydrogen-bond donors (Lipinski definition) is 1. The van der Waals surface area contributed by atoms with E-state index in [0.717, 1.165) is 22.4 Å². The fourth-order valence-electron chi connectivity index (χ4n) is 4.52. The minimum atomic E-state index is -3.49. The number of benzene rings is 2. The van der Waals surface area contributed by atoms with Gasteiger partial charge in [0, 0.05) is 24.0 Å². The van der Waals surface area contributed by atoms with Crippen LogP contribution in [0, 0.1) is 12.8 Å². The number of methoxy groups -OCH3 is 1. The minimum absolute atomic E-state index is 0.0306. The van der Waals surface area contributed by atoms with Crippen LogP contribution in [0.25, 0.3) is 0 Å². The van der Waals surface area contributed by atoms with E-state index >= 15 is 0 Å². The fourth-order valence-corrected chi connectivity index (χ4v) is 6.39. The Morgan fingerprint density at radius 2 is 1.79 bits per heavy atom. The first-order valence-electron chi connectivity index (χ1n) is 11.7. The zero-order valence-electron chi connectivity index (χ0n) is 20.6. The minimum Gasteiger partial charge on any atom is -0.496 e. The molecule has 3 rings (SSSR count). The van der Waals surface area contributed by atoms with Crippen LogP contribution in [0.5, 0.6) is 5.75 Å². The predicted octanol–water partition coefficient (Wildman–Crippen LogP) is 5.20. The molecule has 1 fully saturated rings. The van der Waals surface area contributed by atoms with Crippen molar-refractivity contribution in [2.45, 2.75) is 58.2 Å². The van der Waals surface area contributed by atoms with Crippen LogP contribution in [0.3, 0.4) is 0 Å². The highest BCUT2D eigenvalue weighted by Gasteiger charge is 2.32. The average Bonchev–Trinajstić information content (AvgIpc) is 2.80. The highest BCUT2D eigenvalue weighted by Crippen LogP contribution is 2.32. The largest absolute Gasteiger partial charge is 0.496 e. The summed E-state index contributed by atoms with van der Waals surface area (Å²) in [6.45, 7) is 8.91. The molecule has 186 valence electrons. The van der Waals surface area contributed by atoms with Crippen molar-refractivity contribution >= 4 is 27.5 Å². The number of nitrogens with one attached hydrogen (secondary N) is 1. The van der Waals surface area contributed by atoms with Gasteiger partial charge in [-0.2, -0.15) is 0 Å². The van der Waals surface area contributed by atoms with Gasteiger partial charge in [-0.05, 0) is 73.1 Å². The summed E-state index contributed by atoms with van der Waals surface area (Å²) in [5.74, 6) is 0.791. The lowest BCUT2D eigenvalue weighted by atomic mass is 9.92. The maximum atomic E-state index is 13.0. The Bertz CT molecular complexity index is 1130. The van der Waals surface area contributed by atoms with Gasteiger partial charge in [-0.3, -0.25) is 4.79 Å². The molecule has 0 aromatic heterocycles. The van der Waals surface area contributed by atoms with Crippen molar-refractivity contribution in [1.29, 1.82) is 0 Å². The SMILES string of the molecule is COc1cc(C)c(C(C)NC(=O)C2CCN(S(=O)(=O)Cc3ccccc3Cl)CC2)cc1C(C)C. The van der Waals surface area contributed by atoms with Gasteiger partial charge in [-0.25, -0.2) is 12.7 Å². The van der Waals surface area contributed by atoms with E-state index in [1.54, 1.807) is 31.4 Å². The van der Waals surface area contributed by atoms with Gasteiger partial charge in [0.25, 0.3) is 0 Å². The van der Waals surface area contributed by atoms with Crippen LogP contribution < -0.4 is 10.1 Å². The van der Waals surface area contributed by atoms with Gasteiger partial charge in [-0.15, -0.1) is 0 Å². The zero-order valence-corrected chi connectivity index (χ0v) is 22.2. The van der Waals surface area contributed by atoms with Crippen LogP contribution >= 0.6 is 11.6 Å². The Morgan fingerprint density at radius 3 is 2.38 bits per heavy atom. The molecule has 1 heterocycles. The fraction of sp³-hybridized carbons (Fsp3) is 0.500. The maximum Gasteiger partial charge on any atom is 0.223 e. The van der Waals surface area contributed by atoms with E-state index in [4.69, 9.17) is 16.3 Å². The highest BCUT2D eigenvalue weighted by atomic mass is 35.5. The lowest BCUT2D eigenvalue weighted by molar-refractivity contribution is -0.126. The quantitative estimate of drug-likeness (QED) is 0.534. The van der Waals surface area contributed by atoms with E-state index in [0.29, 0.717) is 42.4 Å². The van der Waals surface area contributed by atoms with E-state index in [-0.39, 0.29) is 23.6 Å². The molecule has 0 aliphatic carbocycles. The number of rotatable bonds is 8. The summed E-state index contributed by atoms with van der Waals surface area (Å²) < 4.78 is 32.8. The summed E-state index contributed by atoms with van der Waals surface area (Å²) in [4.78, 5) is 13.0. The third-order valence-electron chi connectivity index (χ3n) is 6.58. The Hall–Kier alpha value is -2.09. The number of piperidine rings is 1. The lowest BCUT2D eigenvalue weighted by Crippen LogP contribution is -2.43. The Morgan fingerprint density at radius 1 is 1.15 bits per heavy atom. The van der Waals surface area contributed by atoms with Crippen molar-refractivity contribution in [3.05, 3.63) is 63.7 Å². The molecule has 0 radical (unpaired) electrons. The van der Waals surface area contributed by atoms with E-state index in [2.05, 4.69) is 25.2 Å². The highest BCUT2D eigenvalue weighted by molar-refractivity contribution is 7.88. The number of ether oxygens (including phenoxy) is 1. The van der Waals surface area contributed by atoms with Gasteiger partial charge in [0.15, 0.2) is 0 Å². The molecule has 0 saturated carbocycles. The molecule has 1 aliphatic rings. The summed E-state index contributed by atoms with van der Waals surface area (Å²) in [6.07, 6.45) is 0.998. The van der Waals surface area contributed by atoms with Crippen LogP contribution in [0.1, 0.15) is 67.8 Å². The second-order valence-electron chi connectivity index (χ2n) is 9.36. The van der Waals surface area contributed by atoms with Crippen molar-refractivity contribution in [3.8, 4) is 5.75 Å². The molecule has 1 aliphatic heterocycles. The van der Waals surface area contributed by atoms with Crippen molar-refractivity contribution in [3.63, 3.8) is 0 Å². The Labute approximate surface area is 208 Å². The first kappa shape index (κ1) is 26.5. The van der Waals surface area contributed by atoms with Gasteiger partial charge < -0.3 is 10.1 Å². The first-order valence-corrected chi connectivity index (χ1v) is 13.7. The molecule has 1 saturated heterocycles. The monoisotopic (exact) mass is 506 g/mol. The van der Waals surface area contributed by atoms with Crippen molar-refractivity contribution in [2.75, 3.05) is 20.2 Å². The Kier molecular flexibility index (Phi) is 8.66. The van der Waals surface area contributed by atoms with Gasteiger partial charge in [-0.1, -0.05) is 43.6 Å². The van der Waals surface area contributed by atoms with E-state index in [1.807, 2.05) is 19.9 Å². The molecule has 2 aromatic carbocycles. The second kappa shape index (κ2) is 11.1. The molecule has 0 spiro atoms. The average molecular weight is 507 g/mol. The van der Waals surface area contributed by atoms with Crippen molar-refractivity contribution < 1.29 is 17.9 Å². The molecule has 1 unspecified atom stereocenters. The normalized spacial score (nSPS) is 16.4. The topological polar surface area (TPSA) is 75.7 Å². The maximum absolute atomic E-state index is 13.0. The zero-order chi connectivity index (χ0) is 25.0. The molecule has 1 amide bonds. The molecule has 1 atom stereocenters. The number of amides is 1. The van der Waals surface area contributed by atoms with Crippen LogP contribution in [0.15, 0.2) is 36.4 Å². The summed E-state index contributed by atoms with van der Waals surface area (Å²) in [5.41, 5.74) is 3.84. The van der Waals surface area contributed by atoms with Crippen LogP contribution in [0.4, 0.5) is 0 Å². The van der Waals surface area contributed by atoms with E-state index in [1.165, 1.54) is 4.31 Å². The standard InChI is InChI=1S/C26H35ClN2O4S/c1-17(2)22-15-23(18(3)14-25(22)33-5)19(4)28-26(30)20-10-12-29(13-11-20)34(31,32)16-21-8-6-7-9-24(21)27/h6-9,14-15,17,19-20H,10-13,16H2,1-5H3,(H,28,30). The molecular formula is C26H35ClN2O4S. The molecule has 1 N–H and O–H groups in total. The van der Waals surface area contributed by atoms with Gasteiger partial charge >= 0.3 is 0 Å². The molecule has 2 aromatic rings. The van der Waals surface area contributed by atoms with Crippen LogP contribution in [0.2, 0.25) is 5.02 Å². The molecule has 0 bridgehead atoms. The molecular weight excluding hydrogens is 472 g/mol. The number of carbonyl (C=O) groups excluding carboxylic acids is 1. The summed E-state index contributed by atoms with van der Waals surface area (Å²) >= 11 is 6.14. The third kappa shape index (κ3) is 6.12. The van der Waals surface area contributed by atoms with E-state index < -0.39 is 10.0 Å². The van der Waals surface area contributed by atoms with Gasteiger partial charge in [0.2, 0.25) is 15.9 Å². The second-order valence-corrected chi connectivity index (χ2v) is 11.7. The van der Waals surface area contributed by atoms with Gasteiger partial charge in [0.1, 0.15) is 5.75 Å². The number of halogens is 1.